The Balaban J connectivity index is 2.07. The quantitative estimate of drug-likeness (QED) is 0.507. The van der Waals surface area contributed by atoms with Gasteiger partial charge in [-0.15, -0.1) is 0 Å². The molecule has 0 spiro atoms. The van der Waals surface area contributed by atoms with Gasteiger partial charge in [0.15, 0.2) is 0 Å². The van der Waals surface area contributed by atoms with Gasteiger partial charge in [0.1, 0.15) is 0 Å². The lowest BCUT2D eigenvalue weighted by Crippen LogP contribution is -2.24. The topological polar surface area (TPSA) is 69.7 Å². The number of esters is 3. The van der Waals surface area contributed by atoms with Crippen LogP contribution in [-0.2, 0) is 23.9 Å². The minimum atomic E-state index is -0.510. The van der Waals surface area contributed by atoms with Crippen LogP contribution in [0.3, 0.4) is 0 Å². The predicted octanol–water partition coefficient (Wildman–Crippen LogP) is 0.521. The minimum Gasteiger partial charge on any atom is -0.465 e. The molecule has 0 bridgehead atoms. The van der Waals surface area contributed by atoms with Crippen LogP contribution in [-0.4, -0.2) is 24.5 Å². The van der Waals surface area contributed by atoms with Crippen molar-refractivity contribution in [3.05, 3.63) is 0 Å². The molecule has 2 fully saturated rings. The number of carbonyl (C=O) groups is 3. The third kappa shape index (κ3) is 1.70. The molecule has 5 heteroatoms. The molecule has 4 atom stereocenters. The highest BCUT2D eigenvalue weighted by Gasteiger charge is 2.46. The molecule has 2 aliphatic rings. The zero-order chi connectivity index (χ0) is 11.9. The van der Waals surface area contributed by atoms with E-state index in [-0.39, 0.29) is 17.8 Å². The fraction of sp³-hybridized carbons (Fsp3) is 0.727. The predicted molar refractivity (Wildman–Crippen MR) is 52.0 cm³/mol. The molecule has 5 nitrogen and oxygen atoms in total. The summed E-state index contributed by atoms with van der Waals surface area (Å²) in [6.45, 7) is 3.96. The van der Waals surface area contributed by atoms with Gasteiger partial charge in [0.2, 0.25) is 0 Å². The van der Waals surface area contributed by atoms with Crippen LogP contribution in [0.2, 0.25) is 0 Å². The summed E-state index contributed by atoms with van der Waals surface area (Å²) in [5.41, 5.74) is 0. The molecular weight excluding hydrogens is 212 g/mol. The fourth-order valence-corrected chi connectivity index (χ4v) is 2.21. The molecule has 16 heavy (non-hydrogen) atoms. The molecule has 0 aromatic rings. The van der Waals surface area contributed by atoms with Gasteiger partial charge in [-0.1, -0.05) is 13.8 Å². The number of rotatable bonds is 2. The summed E-state index contributed by atoms with van der Waals surface area (Å²) in [6, 6.07) is 0. The molecule has 88 valence electrons. The zero-order valence-electron chi connectivity index (χ0n) is 9.26. The molecule has 2 aliphatic heterocycles. The summed E-state index contributed by atoms with van der Waals surface area (Å²) in [6.07, 6.45) is 0.353. The summed E-state index contributed by atoms with van der Waals surface area (Å²) < 4.78 is 9.45. The first kappa shape index (κ1) is 11.1. The second kappa shape index (κ2) is 3.88. The van der Waals surface area contributed by atoms with Gasteiger partial charge in [0.25, 0.3) is 0 Å². The maximum Gasteiger partial charge on any atom is 0.317 e. The molecule has 0 aliphatic carbocycles. The molecular formula is C11H14O5. The Morgan fingerprint density at radius 2 is 1.75 bits per heavy atom. The molecule has 2 saturated heterocycles. The van der Waals surface area contributed by atoms with Crippen molar-refractivity contribution in [3.8, 4) is 0 Å². The van der Waals surface area contributed by atoms with E-state index in [1.54, 1.807) is 6.92 Å². The van der Waals surface area contributed by atoms with Gasteiger partial charge in [0, 0.05) is 5.92 Å². The van der Waals surface area contributed by atoms with Crippen molar-refractivity contribution in [2.45, 2.75) is 20.3 Å². The van der Waals surface area contributed by atoms with Crippen LogP contribution in [0.1, 0.15) is 20.3 Å². The number of hydrogen-bond acceptors (Lipinski definition) is 5. The van der Waals surface area contributed by atoms with Crippen molar-refractivity contribution in [1.82, 2.24) is 0 Å². The van der Waals surface area contributed by atoms with Gasteiger partial charge in [-0.3, -0.25) is 14.4 Å². The van der Waals surface area contributed by atoms with Crippen LogP contribution in [0.4, 0.5) is 0 Å². The smallest absolute Gasteiger partial charge is 0.317 e. The lowest BCUT2D eigenvalue weighted by molar-refractivity contribution is -0.153. The zero-order valence-corrected chi connectivity index (χ0v) is 9.26. The maximum atomic E-state index is 11.4. The Kier molecular flexibility index (Phi) is 2.69. The van der Waals surface area contributed by atoms with E-state index in [1.165, 1.54) is 0 Å². The van der Waals surface area contributed by atoms with E-state index in [0.717, 1.165) is 0 Å². The van der Waals surface area contributed by atoms with Crippen molar-refractivity contribution in [1.29, 1.82) is 0 Å². The number of hydrogen-bond donors (Lipinski definition) is 0. The average molecular weight is 226 g/mol. The minimum absolute atomic E-state index is 0.100. The van der Waals surface area contributed by atoms with Gasteiger partial charge < -0.3 is 9.47 Å². The first-order chi connectivity index (χ1) is 7.50. The van der Waals surface area contributed by atoms with Gasteiger partial charge in [-0.2, -0.15) is 0 Å². The Morgan fingerprint density at radius 3 is 2.19 bits per heavy atom. The largest absolute Gasteiger partial charge is 0.465 e. The van der Waals surface area contributed by atoms with Crippen LogP contribution in [0.25, 0.3) is 0 Å². The second-order valence-electron chi connectivity index (χ2n) is 4.58. The van der Waals surface area contributed by atoms with Crippen molar-refractivity contribution in [2.75, 3.05) is 6.61 Å². The van der Waals surface area contributed by atoms with E-state index in [4.69, 9.17) is 4.74 Å². The highest BCUT2D eigenvalue weighted by atomic mass is 16.6. The first-order valence-corrected chi connectivity index (χ1v) is 5.43. The summed E-state index contributed by atoms with van der Waals surface area (Å²) in [5, 5.41) is 0. The van der Waals surface area contributed by atoms with E-state index in [0.29, 0.717) is 13.0 Å². The van der Waals surface area contributed by atoms with Crippen LogP contribution < -0.4 is 0 Å². The Bertz CT molecular complexity index is 348. The Morgan fingerprint density at radius 1 is 1.06 bits per heavy atom. The van der Waals surface area contributed by atoms with Crippen LogP contribution in [0, 0.1) is 23.7 Å². The highest BCUT2D eigenvalue weighted by Crippen LogP contribution is 2.34. The standard InChI is InChI=1S/C11H14O5/c1-5-4-15-10(13)7(5)3-8-6(2)9(12)16-11(8)14/h5-8H,3-4H2,1-2H3. The molecule has 0 aromatic carbocycles. The van der Waals surface area contributed by atoms with Crippen molar-refractivity contribution in [2.24, 2.45) is 23.7 Å². The first-order valence-electron chi connectivity index (χ1n) is 5.43. The molecule has 0 radical (unpaired) electrons. The van der Waals surface area contributed by atoms with Gasteiger partial charge in [-0.25, -0.2) is 0 Å². The van der Waals surface area contributed by atoms with E-state index >= 15 is 0 Å². The summed E-state index contributed by atoms with van der Waals surface area (Å²) in [4.78, 5) is 34.0. The lowest BCUT2D eigenvalue weighted by Gasteiger charge is -2.14. The van der Waals surface area contributed by atoms with Crippen molar-refractivity contribution >= 4 is 17.9 Å². The van der Waals surface area contributed by atoms with Gasteiger partial charge in [0.05, 0.1) is 24.4 Å². The lowest BCUT2D eigenvalue weighted by atomic mass is 9.83. The van der Waals surface area contributed by atoms with Crippen LogP contribution >= 0.6 is 0 Å². The van der Waals surface area contributed by atoms with Crippen LogP contribution in [0.15, 0.2) is 0 Å². The van der Waals surface area contributed by atoms with Gasteiger partial charge in [-0.05, 0) is 6.42 Å². The van der Waals surface area contributed by atoms with Crippen LogP contribution in [0.5, 0.6) is 0 Å². The third-order valence-electron chi connectivity index (χ3n) is 3.47. The second-order valence-corrected chi connectivity index (χ2v) is 4.58. The normalized spacial score (nSPS) is 38.8. The highest BCUT2D eigenvalue weighted by molar-refractivity contribution is 5.96. The maximum absolute atomic E-state index is 11.4. The molecule has 2 heterocycles. The molecule has 0 N–H and O–H groups in total. The number of carbonyl (C=O) groups excluding carboxylic acids is 3. The molecule has 2 rings (SSSR count). The van der Waals surface area contributed by atoms with E-state index < -0.39 is 23.8 Å². The average Bonchev–Trinajstić information content (AvgIpc) is 2.65. The number of cyclic esters (lactones) is 3. The molecule has 0 aromatic heterocycles. The SMILES string of the molecule is CC1COC(=O)C1CC1C(=O)OC(=O)C1C. The molecule has 4 unspecified atom stereocenters. The Labute approximate surface area is 93.1 Å². The van der Waals surface area contributed by atoms with Crippen molar-refractivity contribution < 1.29 is 23.9 Å². The summed E-state index contributed by atoms with van der Waals surface area (Å²) in [5.74, 6) is -2.40. The fourth-order valence-electron chi connectivity index (χ4n) is 2.21. The Hall–Kier alpha value is -1.39. The summed E-state index contributed by atoms with van der Waals surface area (Å²) in [7, 11) is 0. The molecule has 0 saturated carbocycles. The monoisotopic (exact) mass is 226 g/mol. The third-order valence-corrected chi connectivity index (χ3v) is 3.47. The van der Waals surface area contributed by atoms with E-state index in [1.807, 2.05) is 6.92 Å². The summed E-state index contributed by atoms with van der Waals surface area (Å²) >= 11 is 0. The van der Waals surface area contributed by atoms with Crippen molar-refractivity contribution in [3.63, 3.8) is 0 Å². The van der Waals surface area contributed by atoms with E-state index in [9.17, 15) is 14.4 Å². The molecule has 0 amide bonds. The van der Waals surface area contributed by atoms with Gasteiger partial charge >= 0.3 is 17.9 Å². The number of ether oxygens (including phenoxy) is 2. The van der Waals surface area contributed by atoms with E-state index in [2.05, 4.69) is 4.74 Å².